The van der Waals surface area contributed by atoms with Gasteiger partial charge in [0.25, 0.3) is 0 Å². The number of nitrogens with zero attached hydrogens (tertiary/aromatic N) is 1. The number of carbonyl (C=O) groups excluding carboxylic acids is 1. The SMILES string of the molecule is COc1ccc(OC2CCN(S(=O)(=O)c3cccc(C(C)=O)c3)CC2)cc1. The number of Topliss-reactive ketones (excluding diaryl/α,β-unsaturated/α-hetero) is 1. The van der Waals surface area contributed by atoms with Crippen LogP contribution in [-0.2, 0) is 10.0 Å². The first-order valence-electron chi connectivity index (χ1n) is 8.82. The van der Waals surface area contributed by atoms with Gasteiger partial charge >= 0.3 is 0 Å². The van der Waals surface area contributed by atoms with E-state index in [9.17, 15) is 13.2 Å². The summed E-state index contributed by atoms with van der Waals surface area (Å²) in [7, 11) is -2.01. The molecule has 3 rings (SSSR count). The summed E-state index contributed by atoms with van der Waals surface area (Å²) >= 11 is 0. The Hall–Kier alpha value is -2.38. The summed E-state index contributed by atoms with van der Waals surface area (Å²) in [6.07, 6.45) is 1.18. The van der Waals surface area contributed by atoms with Gasteiger partial charge in [-0.15, -0.1) is 0 Å². The Morgan fingerprint density at radius 2 is 1.67 bits per heavy atom. The zero-order chi connectivity index (χ0) is 19.4. The Morgan fingerprint density at radius 3 is 2.26 bits per heavy atom. The number of rotatable bonds is 6. The Balaban J connectivity index is 1.64. The van der Waals surface area contributed by atoms with Crippen molar-refractivity contribution >= 4 is 15.8 Å². The smallest absolute Gasteiger partial charge is 0.243 e. The fourth-order valence-electron chi connectivity index (χ4n) is 3.06. The van der Waals surface area contributed by atoms with Crippen LogP contribution >= 0.6 is 0 Å². The Kier molecular flexibility index (Phi) is 5.82. The highest BCUT2D eigenvalue weighted by Crippen LogP contribution is 2.25. The van der Waals surface area contributed by atoms with Crippen LogP contribution in [0.15, 0.2) is 53.4 Å². The first kappa shape index (κ1) is 19.4. The quantitative estimate of drug-likeness (QED) is 0.710. The van der Waals surface area contributed by atoms with E-state index >= 15 is 0 Å². The van der Waals surface area contributed by atoms with Crippen LogP contribution in [0, 0.1) is 0 Å². The number of piperidine rings is 1. The highest BCUT2D eigenvalue weighted by atomic mass is 32.2. The molecule has 0 N–H and O–H groups in total. The van der Waals surface area contributed by atoms with Crippen LogP contribution in [0.5, 0.6) is 11.5 Å². The number of ketones is 1. The van der Waals surface area contributed by atoms with Gasteiger partial charge in [0.15, 0.2) is 5.78 Å². The van der Waals surface area contributed by atoms with Crippen molar-refractivity contribution in [1.29, 1.82) is 0 Å². The number of carbonyl (C=O) groups is 1. The molecule has 0 aliphatic carbocycles. The number of hydrogen-bond acceptors (Lipinski definition) is 5. The third-order valence-electron chi connectivity index (χ3n) is 4.64. The average Bonchev–Trinajstić information content (AvgIpc) is 2.69. The number of ether oxygens (including phenoxy) is 2. The molecule has 0 spiro atoms. The molecule has 2 aromatic carbocycles. The van der Waals surface area contributed by atoms with Crippen molar-refractivity contribution in [2.75, 3.05) is 20.2 Å². The fourth-order valence-corrected chi connectivity index (χ4v) is 4.58. The standard InChI is InChI=1S/C20H23NO5S/c1-15(22)16-4-3-5-20(14-16)27(23,24)21-12-10-19(11-13-21)26-18-8-6-17(25-2)7-9-18/h3-9,14,19H,10-13H2,1-2H3. The molecule has 144 valence electrons. The lowest BCUT2D eigenvalue weighted by atomic mass is 10.1. The molecule has 1 heterocycles. The van der Waals surface area contributed by atoms with Gasteiger partial charge in [-0.1, -0.05) is 12.1 Å². The molecule has 0 atom stereocenters. The Labute approximate surface area is 159 Å². The van der Waals surface area contributed by atoms with E-state index in [0.717, 1.165) is 11.5 Å². The Morgan fingerprint density at radius 1 is 1.04 bits per heavy atom. The van der Waals surface area contributed by atoms with Crippen LogP contribution in [-0.4, -0.2) is 44.8 Å². The van der Waals surface area contributed by atoms with Crippen LogP contribution in [0.2, 0.25) is 0 Å². The van der Waals surface area contributed by atoms with Crippen LogP contribution in [0.25, 0.3) is 0 Å². The minimum Gasteiger partial charge on any atom is -0.497 e. The van der Waals surface area contributed by atoms with Gasteiger partial charge in [0.05, 0.1) is 12.0 Å². The van der Waals surface area contributed by atoms with Gasteiger partial charge in [0, 0.05) is 18.7 Å². The number of methoxy groups -OCH3 is 1. The van der Waals surface area contributed by atoms with Crippen LogP contribution in [0.4, 0.5) is 0 Å². The Bertz CT molecular complexity index is 900. The molecule has 1 aliphatic rings. The van der Waals surface area contributed by atoms with Crippen LogP contribution in [0.1, 0.15) is 30.1 Å². The maximum Gasteiger partial charge on any atom is 0.243 e. The van der Waals surface area contributed by atoms with Crippen molar-refractivity contribution in [3.63, 3.8) is 0 Å². The molecular formula is C20H23NO5S. The zero-order valence-corrected chi connectivity index (χ0v) is 16.2. The van der Waals surface area contributed by atoms with Gasteiger partial charge in [0.1, 0.15) is 17.6 Å². The summed E-state index contributed by atoms with van der Waals surface area (Å²) in [5.74, 6) is 1.35. The van der Waals surface area contributed by atoms with E-state index in [1.54, 1.807) is 19.2 Å². The predicted molar refractivity (Wildman–Crippen MR) is 102 cm³/mol. The van der Waals surface area contributed by atoms with Gasteiger partial charge in [-0.05, 0) is 56.2 Å². The maximum atomic E-state index is 12.9. The van der Waals surface area contributed by atoms with Gasteiger partial charge in [-0.3, -0.25) is 4.79 Å². The molecule has 1 fully saturated rings. The molecular weight excluding hydrogens is 366 g/mol. The molecule has 0 amide bonds. The van der Waals surface area contributed by atoms with E-state index in [0.29, 0.717) is 31.5 Å². The second-order valence-electron chi connectivity index (χ2n) is 6.48. The third kappa shape index (κ3) is 4.48. The second-order valence-corrected chi connectivity index (χ2v) is 8.42. The monoisotopic (exact) mass is 389 g/mol. The van der Waals surface area contributed by atoms with E-state index in [2.05, 4.69) is 0 Å². The molecule has 7 heteroatoms. The molecule has 2 aromatic rings. The van der Waals surface area contributed by atoms with E-state index in [1.165, 1.54) is 23.4 Å². The van der Waals surface area contributed by atoms with E-state index in [4.69, 9.17) is 9.47 Å². The minimum absolute atomic E-state index is 0.0339. The first-order chi connectivity index (χ1) is 12.9. The van der Waals surface area contributed by atoms with Crippen molar-refractivity contribution in [3.05, 3.63) is 54.1 Å². The van der Waals surface area contributed by atoms with E-state index in [1.807, 2.05) is 24.3 Å². The minimum atomic E-state index is -3.61. The molecule has 0 unspecified atom stereocenters. The predicted octanol–water partition coefficient (Wildman–Crippen LogP) is 3.13. The second kappa shape index (κ2) is 8.10. The normalized spacial score (nSPS) is 16.1. The number of benzene rings is 2. The van der Waals surface area contributed by atoms with Gasteiger partial charge in [-0.25, -0.2) is 8.42 Å². The summed E-state index contributed by atoms with van der Waals surface area (Å²) in [4.78, 5) is 11.7. The lowest BCUT2D eigenvalue weighted by molar-refractivity contribution is 0.101. The summed E-state index contributed by atoms with van der Waals surface area (Å²) in [6.45, 7) is 2.19. The fraction of sp³-hybridized carbons (Fsp3) is 0.350. The molecule has 0 aromatic heterocycles. The van der Waals surface area contributed by atoms with Gasteiger partial charge < -0.3 is 9.47 Å². The summed E-state index contributed by atoms with van der Waals surface area (Å²) in [6, 6.07) is 13.5. The zero-order valence-electron chi connectivity index (χ0n) is 15.4. The molecule has 1 saturated heterocycles. The molecule has 0 bridgehead atoms. The maximum absolute atomic E-state index is 12.9. The molecule has 0 radical (unpaired) electrons. The molecule has 1 aliphatic heterocycles. The average molecular weight is 389 g/mol. The highest BCUT2D eigenvalue weighted by molar-refractivity contribution is 7.89. The van der Waals surface area contributed by atoms with Crippen molar-refractivity contribution in [2.24, 2.45) is 0 Å². The van der Waals surface area contributed by atoms with Crippen molar-refractivity contribution in [2.45, 2.75) is 30.8 Å². The highest BCUT2D eigenvalue weighted by Gasteiger charge is 2.30. The largest absolute Gasteiger partial charge is 0.497 e. The van der Waals surface area contributed by atoms with Gasteiger partial charge in [-0.2, -0.15) is 4.31 Å². The van der Waals surface area contributed by atoms with Crippen molar-refractivity contribution in [3.8, 4) is 11.5 Å². The van der Waals surface area contributed by atoms with Gasteiger partial charge in [0.2, 0.25) is 10.0 Å². The van der Waals surface area contributed by atoms with Crippen LogP contribution < -0.4 is 9.47 Å². The summed E-state index contributed by atoms with van der Waals surface area (Å²) < 4.78 is 38.2. The lowest BCUT2D eigenvalue weighted by Crippen LogP contribution is -2.41. The number of sulfonamides is 1. The lowest BCUT2D eigenvalue weighted by Gasteiger charge is -2.31. The first-order valence-corrected chi connectivity index (χ1v) is 10.3. The van der Waals surface area contributed by atoms with E-state index in [-0.39, 0.29) is 16.8 Å². The number of hydrogen-bond donors (Lipinski definition) is 0. The third-order valence-corrected chi connectivity index (χ3v) is 6.54. The molecule has 0 saturated carbocycles. The van der Waals surface area contributed by atoms with Crippen LogP contribution in [0.3, 0.4) is 0 Å². The summed E-state index contributed by atoms with van der Waals surface area (Å²) in [5, 5.41) is 0. The summed E-state index contributed by atoms with van der Waals surface area (Å²) in [5.41, 5.74) is 0.397. The van der Waals surface area contributed by atoms with E-state index < -0.39 is 10.0 Å². The molecule has 27 heavy (non-hydrogen) atoms. The van der Waals surface area contributed by atoms with Crippen molar-refractivity contribution in [1.82, 2.24) is 4.31 Å². The topological polar surface area (TPSA) is 72.9 Å². The molecule has 6 nitrogen and oxygen atoms in total. The van der Waals surface area contributed by atoms with Crippen molar-refractivity contribution < 1.29 is 22.7 Å².